The van der Waals surface area contributed by atoms with E-state index in [0.29, 0.717) is 22.5 Å². The van der Waals surface area contributed by atoms with Crippen molar-refractivity contribution in [2.45, 2.75) is 112 Å². The normalized spacial score (nSPS) is 46.8. The van der Waals surface area contributed by atoms with E-state index in [0.717, 1.165) is 48.3 Å². The van der Waals surface area contributed by atoms with Crippen molar-refractivity contribution in [2.24, 2.45) is 52.3 Å². The fourth-order valence-corrected chi connectivity index (χ4v) is 9.07. The van der Waals surface area contributed by atoms with Gasteiger partial charge in [0.2, 0.25) is 0 Å². The van der Waals surface area contributed by atoms with Crippen molar-refractivity contribution in [3.63, 3.8) is 0 Å². The molecule has 4 saturated carbocycles. The summed E-state index contributed by atoms with van der Waals surface area (Å²) in [5.74, 6) is 6.82. The summed E-state index contributed by atoms with van der Waals surface area (Å²) < 4.78 is 0. The maximum atomic E-state index is 12.1. The summed E-state index contributed by atoms with van der Waals surface area (Å²) in [6.45, 7) is 12.6. The molecular weight excluding hydrogens is 340 g/mol. The first-order chi connectivity index (χ1) is 13.3. The monoisotopic (exact) mass is 386 g/mol. The Morgan fingerprint density at radius 3 is 2.39 bits per heavy atom. The minimum Gasteiger partial charge on any atom is -0.300 e. The van der Waals surface area contributed by atoms with Gasteiger partial charge in [0.1, 0.15) is 5.78 Å². The molecule has 1 heteroatoms. The highest BCUT2D eigenvalue weighted by atomic mass is 16.1. The molecule has 0 aromatic carbocycles. The number of hydrogen-bond donors (Lipinski definition) is 0. The third-order valence-corrected chi connectivity index (χ3v) is 10.7. The summed E-state index contributed by atoms with van der Waals surface area (Å²) in [4.78, 5) is 12.1. The Balaban J connectivity index is 1.47. The Bertz CT molecular complexity index is 579. The van der Waals surface area contributed by atoms with Crippen LogP contribution in [-0.4, -0.2) is 5.78 Å². The average molecular weight is 387 g/mol. The molecule has 0 radical (unpaired) electrons. The molecule has 1 nitrogen and oxygen atoms in total. The maximum absolute atomic E-state index is 12.1. The zero-order chi connectivity index (χ0) is 20.1. The second-order valence-electron chi connectivity index (χ2n) is 12.4. The van der Waals surface area contributed by atoms with E-state index in [4.69, 9.17) is 0 Å². The van der Waals surface area contributed by atoms with Crippen LogP contribution in [0.4, 0.5) is 0 Å². The highest BCUT2D eigenvalue weighted by molar-refractivity contribution is 5.79. The van der Waals surface area contributed by atoms with Gasteiger partial charge in [-0.1, -0.05) is 53.9 Å². The third-order valence-electron chi connectivity index (χ3n) is 10.7. The Morgan fingerprint density at radius 1 is 0.893 bits per heavy atom. The van der Waals surface area contributed by atoms with E-state index in [-0.39, 0.29) is 0 Å². The van der Waals surface area contributed by atoms with Gasteiger partial charge in [-0.15, -0.1) is 0 Å². The molecule has 0 aliphatic heterocycles. The van der Waals surface area contributed by atoms with Crippen LogP contribution in [0.3, 0.4) is 0 Å². The predicted octanol–water partition coefficient (Wildman–Crippen LogP) is 7.68. The number of fused-ring (bicyclic) bond motifs is 5. The van der Waals surface area contributed by atoms with E-state index in [1.165, 1.54) is 64.2 Å². The van der Waals surface area contributed by atoms with Crippen molar-refractivity contribution in [3.8, 4) is 0 Å². The van der Waals surface area contributed by atoms with E-state index < -0.39 is 0 Å². The SMILES string of the molecule is CC(C)CCC[C@H](C)[C@@H]1CC[C@@H]2[C@@H]3CC[C@H]4CC(=O)CC[C@]4(C)[C@H]3CC[C@@]21C. The number of hydrogen-bond acceptors (Lipinski definition) is 1. The lowest BCUT2D eigenvalue weighted by molar-refractivity contribution is -0.140. The minimum absolute atomic E-state index is 0.471. The van der Waals surface area contributed by atoms with Gasteiger partial charge >= 0.3 is 0 Å². The van der Waals surface area contributed by atoms with Crippen LogP contribution in [0.1, 0.15) is 112 Å². The zero-order valence-electron chi connectivity index (χ0n) is 19.4. The van der Waals surface area contributed by atoms with E-state index in [1.807, 2.05) is 0 Å². The molecule has 4 aliphatic carbocycles. The Labute approximate surface area is 174 Å². The van der Waals surface area contributed by atoms with Crippen LogP contribution in [0.25, 0.3) is 0 Å². The number of rotatable bonds is 5. The Hall–Kier alpha value is -0.330. The van der Waals surface area contributed by atoms with Crippen molar-refractivity contribution >= 4 is 5.78 Å². The van der Waals surface area contributed by atoms with E-state index in [9.17, 15) is 4.79 Å². The van der Waals surface area contributed by atoms with Crippen molar-refractivity contribution in [1.29, 1.82) is 0 Å². The van der Waals surface area contributed by atoms with Gasteiger partial charge in [-0.05, 0) is 97.2 Å². The van der Waals surface area contributed by atoms with Gasteiger partial charge in [-0.2, -0.15) is 0 Å². The fourth-order valence-electron chi connectivity index (χ4n) is 9.07. The topological polar surface area (TPSA) is 17.1 Å². The Kier molecular flexibility index (Phi) is 5.78. The molecule has 28 heavy (non-hydrogen) atoms. The molecular formula is C27H46O. The summed E-state index contributed by atoms with van der Waals surface area (Å²) in [6, 6.07) is 0. The molecule has 0 unspecified atom stereocenters. The molecule has 160 valence electrons. The highest BCUT2D eigenvalue weighted by Gasteiger charge is 2.60. The lowest BCUT2D eigenvalue weighted by Gasteiger charge is -2.60. The van der Waals surface area contributed by atoms with Crippen LogP contribution < -0.4 is 0 Å². The first kappa shape index (κ1) is 20.9. The van der Waals surface area contributed by atoms with Crippen LogP contribution in [0.15, 0.2) is 0 Å². The molecule has 0 N–H and O–H groups in total. The summed E-state index contributed by atoms with van der Waals surface area (Å²) in [6.07, 6.45) is 15.9. The second kappa shape index (κ2) is 7.73. The largest absolute Gasteiger partial charge is 0.300 e. The fraction of sp³-hybridized carbons (Fsp3) is 0.963. The minimum atomic E-state index is 0.471. The molecule has 0 aromatic heterocycles. The summed E-state index contributed by atoms with van der Waals surface area (Å²) in [5.41, 5.74) is 1.07. The van der Waals surface area contributed by atoms with Crippen molar-refractivity contribution < 1.29 is 4.79 Å². The number of ketones is 1. The summed E-state index contributed by atoms with van der Waals surface area (Å²) in [5, 5.41) is 0. The quantitative estimate of drug-likeness (QED) is 0.473. The summed E-state index contributed by atoms with van der Waals surface area (Å²) in [7, 11) is 0. The van der Waals surface area contributed by atoms with Gasteiger partial charge in [0.05, 0.1) is 0 Å². The van der Waals surface area contributed by atoms with Gasteiger partial charge in [0.15, 0.2) is 0 Å². The number of carbonyl (C=O) groups excluding carboxylic acids is 1. The maximum Gasteiger partial charge on any atom is 0.133 e. The predicted molar refractivity (Wildman–Crippen MR) is 118 cm³/mol. The van der Waals surface area contributed by atoms with Crippen molar-refractivity contribution in [3.05, 3.63) is 0 Å². The second-order valence-corrected chi connectivity index (χ2v) is 12.4. The number of Topliss-reactive ketones (excluding diaryl/α,β-unsaturated/α-hetero) is 1. The molecule has 0 heterocycles. The number of carbonyl (C=O) groups is 1. The smallest absolute Gasteiger partial charge is 0.133 e. The highest BCUT2D eigenvalue weighted by Crippen LogP contribution is 2.68. The molecule has 4 rings (SSSR count). The van der Waals surface area contributed by atoms with Crippen LogP contribution in [-0.2, 0) is 4.79 Å². The van der Waals surface area contributed by atoms with Crippen molar-refractivity contribution in [1.82, 2.24) is 0 Å². The first-order valence-electron chi connectivity index (χ1n) is 12.8. The van der Waals surface area contributed by atoms with Gasteiger partial charge in [-0.3, -0.25) is 4.79 Å². The van der Waals surface area contributed by atoms with Gasteiger partial charge < -0.3 is 0 Å². The standard InChI is InChI=1S/C27H46O/c1-18(2)7-6-8-19(3)23-11-12-24-22-10-9-20-17-21(28)13-15-26(20,4)25(22)14-16-27(23,24)5/h18-20,22-25H,6-17H2,1-5H3/t19-,20-,22-,23-,24+,25-,26-,27+/m0/s1. The molecule has 0 amide bonds. The van der Waals surface area contributed by atoms with E-state index in [2.05, 4.69) is 34.6 Å². The average Bonchev–Trinajstić information content (AvgIpc) is 2.99. The summed E-state index contributed by atoms with van der Waals surface area (Å²) >= 11 is 0. The molecule has 0 spiro atoms. The van der Waals surface area contributed by atoms with Gasteiger partial charge in [0.25, 0.3) is 0 Å². The van der Waals surface area contributed by atoms with Crippen molar-refractivity contribution in [2.75, 3.05) is 0 Å². The molecule has 0 aromatic rings. The van der Waals surface area contributed by atoms with Gasteiger partial charge in [-0.25, -0.2) is 0 Å². The third kappa shape index (κ3) is 3.41. The molecule has 8 atom stereocenters. The molecule has 0 saturated heterocycles. The lowest BCUT2D eigenvalue weighted by Crippen LogP contribution is -2.53. The molecule has 0 bridgehead atoms. The molecule has 4 aliphatic rings. The molecule has 4 fully saturated rings. The van der Waals surface area contributed by atoms with Crippen LogP contribution in [0, 0.1) is 52.3 Å². The van der Waals surface area contributed by atoms with E-state index in [1.54, 1.807) is 0 Å². The van der Waals surface area contributed by atoms with Crippen LogP contribution >= 0.6 is 0 Å². The zero-order valence-corrected chi connectivity index (χ0v) is 19.4. The van der Waals surface area contributed by atoms with Crippen LogP contribution in [0.2, 0.25) is 0 Å². The Morgan fingerprint density at radius 2 is 1.64 bits per heavy atom. The first-order valence-corrected chi connectivity index (χ1v) is 12.8. The lowest BCUT2D eigenvalue weighted by atomic mass is 9.44. The van der Waals surface area contributed by atoms with Gasteiger partial charge in [0, 0.05) is 12.8 Å². The van der Waals surface area contributed by atoms with Crippen LogP contribution in [0.5, 0.6) is 0 Å². The van der Waals surface area contributed by atoms with E-state index >= 15 is 0 Å².